The van der Waals surface area contributed by atoms with Crippen molar-refractivity contribution in [3.8, 4) is 5.88 Å². The van der Waals surface area contributed by atoms with E-state index in [2.05, 4.69) is 15.3 Å². The van der Waals surface area contributed by atoms with Crippen molar-refractivity contribution in [3.05, 3.63) is 35.0 Å². The summed E-state index contributed by atoms with van der Waals surface area (Å²) in [5.41, 5.74) is 6.83. The van der Waals surface area contributed by atoms with E-state index < -0.39 is 0 Å². The van der Waals surface area contributed by atoms with Gasteiger partial charge in [-0.15, -0.1) is 11.3 Å². The van der Waals surface area contributed by atoms with Crippen LogP contribution < -0.4 is 15.8 Å². The summed E-state index contributed by atoms with van der Waals surface area (Å²) in [5.74, 6) is -0.0282. The van der Waals surface area contributed by atoms with Crippen LogP contribution in [0.5, 0.6) is 5.88 Å². The van der Waals surface area contributed by atoms with E-state index in [4.69, 9.17) is 10.5 Å². The topological polar surface area (TPSA) is 90.1 Å². The molecule has 0 bridgehead atoms. The van der Waals surface area contributed by atoms with E-state index in [0.29, 0.717) is 10.7 Å². The van der Waals surface area contributed by atoms with Crippen molar-refractivity contribution in [1.82, 2.24) is 9.97 Å². The molecule has 1 unspecified atom stereocenters. The molecule has 2 aromatic heterocycles. The molecule has 0 saturated carbocycles. The van der Waals surface area contributed by atoms with E-state index in [1.54, 1.807) is 18.3 Å². The first-order chi connectivity index (χ1) is 9.11. The van der Waals surface area contributed by atoms with Crippen molar-refractivity contribution in [2.24, 2.45) is 5.73 Å². The largest absolute Gasteiger partial charge is 0.480 e. The van der Waals surface area contributed by atoms with Gasteiger partial charge in [0.15, 0.2) is 5.13 Å². The summed E-state index contributed by atoms with van der Waals surface area (Å²) < 4.78 is 5.04. The fourth-order valence-electron chi connectivity index (χ4n) is 1.44. The normalized spacial score (nSPS) is 11.9. The van der Waals surface area contributed by atoms with Crippen LogP contribution in [0.25, 0.3) is 0 Å². The molecule has 2 aromatic rings. The van der Waals surface area contributed by atoms with Crippen molar-refractivity contribution >= 4 is 22.4 Å². The van der Waals surface area contributed by atoms with Gasteiger partial charge in [0.25, 0.3) is 5.91 Å². The number of hydrogen-bond acceptors (Lipinski definition) is 6. The Balaban J connectivity index is 2.16. The number of hydrogen-bond donors (Lipinski definition) is 2. The Morgan fingerprint density at radius 3 is 3.00 bits per heavy atom. The highest BCUT2D eigenvalue weighted by molar-refractivity contribution is 7.14. The molecular formula is C12H14N4O2S. The van der Waals surface area contributed by atoms with E-state index in [9.17, 15) is 4.79 Å². The van der Waals surface area contributed by atoms with Crippen LogP contribution in [0.1, 0.15) is 29.0 Å². The lowest BCUT2D eigenvalue weighted by Gasteiger charge is -2.06. The highest BCUT2D eigenvalue weighted by Crippen LogP contribution is 2.21. The Morgan fingerprint density at radius 2 is 2.37 bits per heavy atom. The van der Waals surface area contributed by atoms with Gasteiger partial charge in [-0.2, -0.15) is 0 Å². The van der Waals surface area contributed by atoms with Crippen LogP contribution >= 0.6 is 11.3 Å². The summed E-state index contributed by atoms with van der Waals surface area (Å²) in [4.78, 5) is 20.3. The first-order valence-corrected chi connectivity index (χ1v) is 6.51. The summed E-state index contributed by atoms with van der Waals surface area (Å²) in [7, 11) is 1.47. The second-order valence-electron chi connectivity index (χ2n) is 3.88. The van der Waals surface area contributed by atoms with Gasteiger partial charge in [-0.1, -0.05) is 0 Å². The molecule has 100 valence electrons. The van der Waals surface area contributed by atoms with Gasteiger partial charge < -0.3 is 10.5 Å². The van der Waals surface area contributed by atoms with Gasteiger partial charge in [-0.3, -0.25) is 10.1 Å². The summed E-state index contributed by atoms with van der Waals surface area (Å²) in [6.07, 6.45) is 1.56. The zero-order chi connectivity index (χ0) is 13.8. The van der Waals surface area contributed by atoms with Crippen LogP contribution in [0.4, 0.5) is 5.13 Å². The molecule has 0 radical (unpaired) electrons. The van der Waals surface area contributed by atoms with Gasteiger partial charge in [-0.25, -0.2) is 9.97 Å². The number of nitrogens with one attached hydrogen (secondary N) is 1. The molecule has 0 aliphatic carbocycles. The standard InChI is InChI=1S/C12H14N4O2S/c1-7(13)9-6-19-12(15-9)16-10(17)8-4-3-5-14-11(8)18-2/h3-7H,13H2,1-2H3,(H,15,16,17). The molecule has 1 amide bonds. The third-order valence-electron chi connectivity index (χ3n) is 2.42. The van der Waals surface area contributed by atoms with Gasteiger partial charge in [0, 0.05) is 17.6 Å². The molecule has 0 aliphatic heterocycles. The van der Waals surface area contributed by atoms with E-state index >= 15 is 0 Å². The average molecular weight is 278 g/mol. The minimum atomic E-state index is -0.310. The SMILES string of the molecule is COc1ncccc1C(=O)Nc1nc(C(C)N)cs1. The Hall–Kier alpha value is -1.99. The molecule has 3 N–H and O–H groups in total. The number of amides is 1. The molecule has 1 atom stereocenters. The lowest BCUT2D eigenvalue weighted by atomic mass is 10.2. The molecule has 2 heterocycles. The van der Waals surface area contributed by atoms with Gasteiger partial charge >= 0.3 is 0 Å². The second-order valence-corrected chi connectivity index (χ2v) is 4.74. The maximum atomic E-state index is 12.1. The minimum absolute atomic E-state index is 0.158. The lowest BCUT2D eigenvalue weighted by Crippen LogP contribution is -2.14. The van der Waals surface area contributed by atoms with E-state index in [1.165, 1.54) is 18.4 Å². The number of nitrogens with zero attached hydrogens (tertiary/aromatic N) is 2. The monoisotopic (exact) mass is 278 g/mol. The molecule has 6 nitrogen and oxygen atoms in total. The first kappa shape index (κ1) is 13.4. The Kier molecular flexibility index (Phi) is 4.08. The van der Waals surface area contributed by atoms with Crippen molar-refractivity contribution in [1.29, 1.82) is 0 Å². The number of carbonyl (C=O) groups is 1. The number of thiazole rings is 1. The quantitative estimate of drug-likeness (QED) is 0.890. The van der Waals surface area contributed by atoms with Gasteiger partial charge in [0.05, 0.1) is 12.8 Å². The van der Waals surface area contributed by atoms with Crippen LogP contribution in [0.3, 0.4) is 0 Å². The second kappa shape index (κ2) is 5.77. The fourth-order valence-corrected chi connectivity index (χ4v) is 2.25. The number of methoxy groups -OCH3 is 1. The van der Waals surface area contributed by atoms with Crippen molar-refractivity contribution in [3.63, 3.8) is 0 Å². The maximum absolute atomic E-state index is 12.1. The smallest absolute Gasteiger partial charge is 0.262 e. The molecule has 0 spiro atoms. The number of nitrogens with two attached hydrogens (primary N) is 1. The van der Waals surface area contributed by atoms with Crippen molar-refractivity contribution < 1.29 is 9.53 Å². The Labute approximate surface area is 114 Å². The Morgan fingerprint density at radius 1 is 1.58 bits per heavy atom. The fraction of sp³-hybridized carbons (Fsp3) is 0.250. The maximum Gasteiger partial charge on any atom is 0.262 e. The predicted octanol–water partition coefficient (Wildman–Crippen LogP) is 1.82. The molecular weight excluding hydrogens is 264 g/mol. The zero-order valence-corrected chi connectivity index (χ0v) is 11.4. The van der Waals surface area contributed by atoms with Gasteiger partial charge in [0.2, 0.25) is 5.88 Å². The molecule has 0 aliphatic rings. The van der Waals surface area contributed by atoms with E-state index in [-0.39, 0.29) is 17.8 Å². The predicted molar refractivity (Wildman–Crippen MR) is 73.5 cm³/mol. The van der Waals surface area contributed by atoms with Crippen LogP contribution in [0.2, 0.25) is 0 Å². The number of rotatable bonds is 4. The molecule has 7 heteroatoms. The van der Waals surface area contributed by atoms with Crippen LogP contribution in [0.15, 0.2) is 23.7 Å². The lowest BCUT2D eigenvalue weighted by molar-refractivity contribution is 0.102. The molecule has 0 saturated heterocycles. The molecule has 2 rings (SSSR count). The molecule has 19 heavy (non-hydrogen) atoms. The molecule has 0 fully saturated rings. The highest BCUT2D eigenvalue weighted by atomic mass is 32.1. The van der Waals surface area contributed by atoms with E-state index in [0.717, 1.165) is 5.69 Å². The third-order valence-corrected chi connectivity index (χ3v) is 3.19. The summed E-state index contributed by atoms with van der Waals surface area (Å²) in [5, 5.41) is 5.02. The zero-order valence-electron chi connectivity index (χ0n) is 10.6. The Bertz CT molecular complexity index is 583. The molecule has 0 aromatic carbocycles. The summed E-state index contributed by atoms with van der Waals surface area (Å²) in [6.45, 7) is 1.84. The number of anilines is 1. The van der Waals surface area contributed by atoms with Crippen LogP contribution in [-0.2, 0) is 0 Å². The third kappa shape index (κ3) is 3.07. The number of aromatic nitrogens is 2. The number of carbonyl (C=O) groups excluding carboxylic acids is 1. The van der Waals surface area contributed by atoms with Gasteiger partial charge in [0.1, 0.15) is 5.56 Å². The van der Waals surface area contributed by atoms with Crippen molar-refractivity contribution in [2.75, 3.05) is 12.4 Å². The minimum Gasteiger partial charge on any atom is -0.480 e. The average Bonchev–Trinajstić information content (AvgIpc) is 2.87. The van der Waals surface area contributed by atoms with Crippen LogP contribution in [0, 0.1) is 0 Å². The summed E-state index contributed by atoms with van der Waals surface area (Å²) in [6, 6.07) is 3.16. The van der Waals surface area contributed by atoms with Gasteiger partial charge in [-0.05, 0) is 19.1 Å². The first-order valence-electron chi connectivity index (χ1n) is 5.63. The van der Waals surface area contributed by atoms with Crippen molar-refractivity contribution in [2.45, 2.75) is 13.0 Å². The number of pyridine rings is 1. The van der Waals surface area contributed by atoms with Crippen LogP contribution in [-0.4, -0.2) is 23.0 Å². The highest BCUT2D eigenvalue weighted by Gasteiger charge is 2.15. The number of ether oxygens (including phenoxy) is 1. The summed E-state index contributed by atoms with van der Waals surface area (Å²) >= 11 is 1.33. The van der Waals surface area contributed by atoms with E-state index in [1.807, 2.05) is 12.3 Å².